The molecule has 0 N–H and O–H groups in total. The van der Waals surface area contributed by atoms with Gasteiger partial charge in [-0.05, 0) is 161 Å². The molecule has 2 aromatic heterocycles. The Labute approximate surface area is 783 Å². The van der Waals surface area contributed by atoms with Crippen LogP contribution >= 0.6 is 0 Å². The largest absolute Gasteiger partial charge is 3.00 e. The Bertz CT molecular complexity index is 4440. The quantitative estimate of drug-likeness (QED) is 0.0263. The van der Waals surface area contributed by atoms with E-state index < -0.39 is 33.2 Å². The number of benzene rings is 6. The van der Waals surface area contributed by atoms with Gasteiger partial charge in [-0.1, -0.05) is 251 Å². The summed E-state index contributed by atoms with van der Waals surface area (Å²) in [6.45, 7) is 0.451. The SMILES string of the molecule is O=C(CN(CC(=O)N(C1CCCCC1)C1CCCCC1)c1ccccc1N=Cc1ccc2c(n1)c([O-])c([O-])c1ccccc12)N(C1CCCCC1)C1CCCCC1.O=C(CN(CC(=O)N(C1CCCCC1)C1CCCCC1)c1ccccc1N=Cc1ccc2c(n1)c([O-])c([O-])c1ccccc12)N(C1CCCCC1)C1CCCCC1.O=[N+]([O-])[O-].O=[N+]([O-])[O-].[La+3].[La+3]. The number of pyridine rings is 2. The average Bonchev–Trinajstić information content (AvgIpc) is 0.755. The van der Waals surface area contributed by atoms with Crippen LogP contribution in [-0.2, 0) is 19.2 Å². The van der Waals surface area contributed by atoms with Gasteiger partial charge in [0.05, 0.1) is 94.0 Å². The van der Waals surface area contributed by atoms with E-state index in [1.54, 1.807) is 36.7 Å². The number of aliphatic imine (C=N–C) groups is 2. The predicted molar refractivity (Wildman–Crippen MR) is 471 cm³/mol. The van der Waals surface area contributed by atoms with Crippen LogP contribution in [0.1, 0.15) is 268 Å². The minimum atomic E-state index is -1.75. The maximum absolute atomic E-state index is 14.9. The van der Waals surface area contributed by atoms with Crippen LogP contribution in [0.2, 0.25) is 0 Å². The number of rotatable bonds is 22. The Balaban J connectivity index is 0.000000219. The van der Waals surface area contributed by atoms with Gasteiger partial charge in [0.1, 0.15) is 0 Å². The van der Waals surface area contributed by atoms with Crippen molar-refractivity contribution < 1.29 is 121 Å². The van der Waals surface area contributed by atoms with E-state index in [0.29, 0.717) is 55.1 Å². The molecule has 8 fully saturated rings. The van der Waals surface area contributed by atoms with Crippen molar-refractivity contribution in [2.24, 2.45) is 9.98 Å². The van der Waals surface area contributed by atoms with Gasteiger partial charge in [-0.2, -0.15) is 0 Å². The molecular weight excluding hydrogens is 1820 g/mol. The van der Waals surface area contributed by atoms with Crippen LogP contribution in [0.3, 0.4) is 0 Å². The smallest absolute Gasteiger partial charge is 0.872 e. The van der Waals surface area contributed by atoms with E-state index in [0.717, 1.165) is 217 Å². The van der Waals surface area contributed by atoms with E-state index in [1.807, 2.05) is 107 Å². The number of hydrogen-bond donors (Lipinski definition) is 0. The number of carbonyl (C=O) groups is 4. The van der Waals surface area contributed by atoms with Crippen molar-refractivity contribution in [2.45, 2.75) is 305 Å². The molecule has 8 aliphatic rings. The zero-order chi connectivity index (χ0) is 85.4. The fourth-order valence-corrected chi connectivity index (χ4v) is 21.2. The summed E-state index contributed by atoms with van der Waals surface area (Å²) in [5, 5.41) is 85.3. The Morgan fingerprint density at radius 2 is 0.508 bits per heavy atom. The molecule has 0 saturated heterocycles. The molecule has 26 nitrogen and oxygen atoms in total. The first-order valence-electron chi connectivity index (χ1n) is 45.4. The van der Waals surface area contributed by atoms with Gasteiger partial charge in [0.2, 0.25) is 23.6 Å². The Morgan fingerprint density at radius 3 is 0.742 bits per heavy atom. The second kappa shape index (κ2) is 47.9. The van der Waals surface area contributed by atoms with Crippen molar-refractivity contribution in [3.63, 3.8) is 0 Å². The summed E-state index contributed by atoms with van der Waals surface area (Å²) in [6.07, 6.45) is 48.3. The van der Waals surface area contributed by atoms with E-state index in [-0.39, 0.29) is 180 Å². The maximum atomic E-state index is 14.9. The zero-order valence-corrected chi connectivity index (χ0v) is 78.9. The molecule has 2 heterocycles. The number of fused-ring (bicyclic) bond motifs is 6. The average molecular weight is 1940 g/mol. The number of nitrogens with zero attached hydrogens (tertiary/aromatic N) is 12. The molecule has 0 spiro atoms. The third kappa shape index (κ3) is 25.0. The number of anilines is 2. The molecule has 0 atom stereocenters. The van der Waals surface area contributed by atoms with Gasteiger partial charge in [0.15, 0.2) is 0 Å². The van der Waals surface area contributed by atoms with Crippen LogP contribution in [0.5, 0.6) is 23.0 Å². The van der Waals surface area contributed by atoms with Crippen LogP contribution in [0.15, 0.2) is 131 Å². The van der Waals surface area contributed by atoms with Crippen molar-refractivity contribution in [3.8, 4) is 23.0 Å². The van der Waals surface area contributed by atoms with Gasteiger partial charge < -0.3 is 80.5 Å². The number of para-hydroxylation sites is 4. The second-order valence-corrected chi connectivity index (χ2v) is 34.9. The van der Waals surface area contributed by atoms with Crippen LogP contribution in [0, 0.1) is 102 Å². The monoisotopic (exact) mass is 1940 g/mol. The molecule has 0 radical (unpaired) electrons. The molecule has 8 saturated carbocycles. The van der Waals surface area contributed by atoms with Crippen molar-refractivity contribution in [1.82, 2.24) is 29.6 Å². The molecular formula is C96H118La2N12O14. The van der Waals surface area contributed by atoms with Gasteiger partial charge in [0, 0.05) is 59.1 Å². The van der Waals surface area contributed by atoms with Gasteiger partial charge in [-0.3, -0.25) is 29.2 Å². The molecule has 6 aromatic carbocycles. The van der Waals surface area contributed by atoms with Crippen LogP contribution in [0.25, 0.3) is 43.4 Å². The Kier molecular flexibility index (Phi) is 37.1. The summed E-state index contributed by atoms with van der Waals surface area (Å²) in [6, 6.07) is 39.1. The molecule has 0 bridgehead atoms. The van der Waals surface area contributed by atoms with E-state index in [4.69, 9.17) is 40.6 Å². The fourth-order valence-electron chi connectivity index (χ4n) is 21.2. The molecule has 124 heavy (non-hydrogen) atoms. The van der Waals surface area contributed by atoms with Gasteiger partial charge in [-0.25, -0.2) is 9.97 Å². The number of aromatic nitrogens is 2. The van der Waals surface area contributed by atoms with Crippen molar-refractivity contribution in [1.29, 1.82) is 0 Å². The normalized spacial score (nSPS) is 18.1. The summed E-state index contributed by atoms with van der Waals surface area (Å²) < 4.78 is 0. The van der Waals surface area contributed by atoms with E-state index >= 15 is 0 Å². The molecule has 652 valence electrons. The van der Waals surface area contributed by atoms with Crippen LogP contribution in [-0.4, -0.2) is 150 Å². The first-order chi connectivity index (χ1) is 59.4. The first kappa shape index (κ1) is 96.1. The van der Waals surface area contributed by atoms with E-state index in [1.165, 1.54) is 51.4 Å². The zero-order valence-electron chi connectivity index (χ0n) is 71.7. The number of carbonyl (C=O) groups excluding carboxylic acids is 4. The summed E-state index contributed by atoms with van der Waals surface area (Å²) in [5.41, 5.74) is 3.85. The fraction of sp³-hybridized carbons (Fsp3) is 0.542. The molecule has 4 amide bonds. The topological polar surface area (TPSA) is 363 Å². The second-order valence-electron chi connectivity index (χ2n) is 34.9. The van der Waals surface area contributed by atoms with Gasteiger partial charge in [0.25, 0.3) is 0 Å². The molecule has 8 aliphatic carbocycles. The summed E-state index contributed by atoms with van der Waals surface area (Å²) in [7, 11) is 0. The molecule has 0 aliphatic heterocycles. The third-order valence-electron chi connectivity index (χ3n) is 26.9. The number of hydrogen-bond acceptors (Lipinski definition) is 20. The minimum Gasteiger partial charge on any atom is -0.872 e. The van der Waals surface area contributed by atoms with Crippen molar-refractivity contribution in [2.75, 3.05) is 36.0 Å². The van der Waals surface area contributed by atoms with Crippen LogP contribution < -0.4 is 30.2 Å². The standard InChI is InChI=1S/2C48H61N5O4.2La.2NO3/c2*54-44(52(35-17-5-1-6-18-35)36-19-7-2-8-20-36)32-51(33-45(55)53(37-21-9-3-10-22-37)38-23-11-4-12-24-38)43-28-16-15-27-42(43)49-31-34-29-30-40-39-25-13-14-26-41(39)47(56)48(57)46(40)50-34;;;2*2-1(3)4/h2*13-16,25-31,35-38,56-57H,1-12,17-24,32-33H2;;;;/q;;2*+3;2*-1/p-4. The van der Waals surface area contributed by atoms with Gasteiger partial charge in [-0.15, -0.1) is 11.5 Å². The maximum Gasteiger partial charge on any atom is 3.00 e. The molecule has 0 unspecified atom stereocenters. The molecule has 8 aromatic rings. The van der Waals surface area contributed by atoms with Crippen molar-refractivity contribution >= 4 is 102 Å². The predicted octanol–water partition coefficient (Wildman–Crippen LogP) is 17.7. The van der Waals surface area contributed by atoms with E-state index in [2.05, 4.69) is 29.6 Å². The van der Waals surface area contributed by atoms with Crippen LogP contribution in [0.4, 0.5) is 22.7 Å². The summed E-state index contributed by atoms with van der Waals surface area (Å²) in [4.78, 5) is 108. The molecule has 16 rings (SSSR count). The number of amides is 4. The van der Waals surface area contributed by atoms with Gasteiger partial charge >= 0.3 is 71.2 Å². The summed E-state index contributed by atoms with van der Waals surface area (Å²) >= 11 is 0. The Hall–Kier alpha value is -8.53. The van der Waals surface area contributed by atoms with E-state index in [9.17, 15) is 39.6 Å². The van der Waals surface area contributed by atoms with Crippen molar-refractivity contribution in [3.05, 3.63) is 163 Å². The first-order valence-corrected chi connectivity index (χ1v) is 45.4. The Morgan fingerprint density at radius 1 is 0.298 bits per heavy atom. The third-order valence-corrected chi connectivity index (χ3v) is 26.9. The summed E-state index contributed by atoms with van der Waals surface area (Å²) in [5.74, 6) is -1.90. The minimum absolute atomic E-state index is 0. The molecule has 28 heteroatoms.